The minimum absolute atomic E-state index is 0.0537. The minimum atomic E-state index is -0.608. The standard InChI is InChI=1S/C11H11ClIN3O3/c1-19-11(18)9-10(14-4-7(13)15-9)16-5-6(3-12)2-8(16)17/h4,6H,2-3,5H2,1H3. The summed E-state index contributed by atoms with van der Waals surface area (Å²) in [5.41, 5.74) is 0.0537. The number of hydrogen-bond acceptors (Lipinski definition) is 5. The molecule has 0 aromatic carbocycles. The summed E-state index contributed by atoms with van der Waals surface area (Å²) in [5, 5.41) is 0. The van der Waals surface area contributed by atoms with Crippen molar-refractivity contribution >= 4 is 51.9 Å². The number of carbonyl (C=O) groups is 2. The summed E-state index contributed by atoms with van der Waals surface area (Å²) in [4.78, 5) is 33.3. The molecule has 1 amide bonds. The van der Waals surface area contributed by atoms with Crippen LogP contribution in [0.3, 0.4) is 0 Å². The molecule has 1 atom stereocenters. The number of nitrogens with zero attached hydrogens (tertiary/aromatic N) is 3. The molecule has 1 aromatic rings. The van der Waals surface area contributed by atoms with Crippen molar-refractivity contribution in [3.05, 3.63) is 15.6 Å². The third-order valence-electron chi connectivity index (χ3n) is 2.78. The molecule has 2 heterocycles. The molecule has 1 aliphatic rings. The molecule has 0 saturated carbocycles. The molecule has 8 heteroatoms. The summed E-state index contributed by atoms with van der Waals surface area (Å²) in [6, 6.07) is 0. The van der Waals surface area contributed by atoms with Crippen molar-refractivity contribution < 1.29 is 14.3 Å². The first kappa shape index (κ1) is 14.4. The number of ether oxygens (including phenoxy) is 1. The van der Waals surface area contributed by atoms with Gasteiger partial charge in [-0.2, -0.15) is 0 Å². The Kier molecular flexibility index (Phi) is 4.56. The van der Waals surface area contributed by atoms with Crippen LogP contribution in [0.2, 0.25) is 0 Å². The van der Waals surface area contributed by atoms with Gasteiger partial charge >= 0.3 is 5.97 Å². The second kappa shape index (κ2) is 6.00. The maximum absolute atomic E-state index is 11.9. The fourth-order valence-electron chi connectivity index (χ4n) is 1.88. The first-order chi connectivity index (χ1) is 9.06. The lowest BCUT2D eigenvalue weighted by Crippen LogP contribution is -2.28. The summed E-state index contributed by atoms with van der Waals surface area (Å²) in [6.07, 6.45) is 1.86. The van der Waals surface area contributed by atoms with E-state index in [0.29, 0.717) is 22.5 Å². The number of aromatic nitrogens is 2. The Morgan fingerprint density at radius 3 is 3.00 bits per heavy atom. The Balaban J connectivity index is 2.39. The number of halogens is 2. The molecule has 0 spiro atoms. The first-order valence-electron chi connectivity index (χ1n) is 5.54. The quantitative estimate of drug-likeness (QED) is 0.440. The van der Waals surface area contributed by atoms with Crippen molar-refractivity contribution in [3.8, 4) is 0 Å². The summed E-state index contributed by atoms with van der Waals surface area (Å²) >= 11 is 7.72. The molecule has 1 saturated heterocycles. The van der Waals surface area contributed by atoms with Crippen LogP contribution in [0.25, 0.3) is 0 Å². The van der Waals surface area contributed by atoms with Crippen LogP contribution >= 0.6 is 34.2 Å². The third-order valence-corrected chi connectivity index (χ3v) is 3.74. The Morgan fingerprint density at radius 2 is 2.42 bits per heavy atom. The van der Waals surface area contributed by atoms with Crippen molar-refractivity contribution in [2.45, 2.75) is 6.42 Å². The zero-order valence-corrected chi connectivity index (χ0v) is 13.0. The maximum Gasteiger partial charge on any atom is 0.360 e. The predicted octanol–water partition coefficient (Wildman–Crippen LogP) is 1.46. The average molecular weight is 396 g/mol. The number of carbonyl (C=O) groups excluding carboxylic acids is 2. The Labute approximate surface area is 128 Å². The summed E-state index contributed by atoms with van der Waals surface area (Å²) in [6.45, 7) is 0.446. The lowest BCUT2D eigenvalue weighted by atomic mass is 10.1. The van der Waals surface area contributed by atoms with E-state index in [1.165, 1.54) is 18.2 Å². The van der Waals surface area contributed by atoms with Gasteiger partial charge in [0.05, 0.1) is 13.3 Å². The predicted molar refractivity (Wildman–Crippen MR) is 77.3 cm³/mol. The molecule has 1 unspecified atom stereocenters. The molecule has 0 bridgehead atoms. The lowest BCUT2D eigenvalue weighted by Gasteiger charge is -2.17. The van der Waals surface area contributed by atoms with E-state index in [1.807, 2.05) is 22.6 Å². The fraction of sp³-hybridized carbons (Fsp3) is 0.455. The van der Waals surface area contributed by atoms with Gasteiger partial charge in [-0.05, 0) is 28.5 Å². The normalized spacial score (nSPS) is 18.8. The second-order valence-corrected chi connectivity index (χ2v) is 5.50. The Morgan fingerprint density at radius 1 is 1.68 bits per heavy atom. The molecule has 1 fully saturated rings. The number of anilines is 1. The van der Waals surface area contributed by atoms with Gasteiger partial charge in [0.25, 0.3) is 0 Å². The van der Waals surface area contributed by atoms with Crippen LogP contribution in [0.1, 0.15) is 16.9 Å². The van der Waals surface area contributed by atoms with E-state index in [9.17, 15) is 9.59 Å². The van der Waals surface area contributed by atoms with Crippen molar-refractivity contribution in [2.24, 2.45) is 5.92 Å². The monoisotopic (exact) mass is 395 g/mol. The van der Waals surface area contributed by atoms with Gasteiger partial charge in [-0.15, -0.1) is 11.6 Å². The molecule has 0 aliphatic carbocycles. The van der Waals surface area contributed by atoms with Crippen molar-refractivity contribution in [1.29, 1.82) is 0 Å². The van der Waals surface area contributed by atoms with E-state index < -0.39 is 5.97 Å². The molecular weight excluding hydrogens is 384 g/mol. The number of hydrogen-bond donors (Lipinski definition) is 0. The zero-order chi connectivity index (χ0) is 14.0. The van der Waals surface area contributed by atoms with Crippen LogP contribution in [0.15, 0.2) is 6.20 Å². The Hall–Kier alpha value is -0.960. The van der Waals surface area contributed by atoms with Crippen LogP contribution < -0.4 is 4.90 Å². The van der Waals surface area contributed by atoms with E-state index in [2.05, 4.69) is 14.7 Å². The first-order valence-corrected chi connectivity index (χ1v) is 7.15. The molecule has 1 aliphatic heterocycles. The zero-order valence-electron chi connectivity index (χ0n) is 10.1. The number of amides is 1. The van der Waals surface area contributed by atoms with E-state index >= 15 is 0 Å². The summed E-state index contributed by atoms with van der Waals surface area (Å²) < 4.78 is 5.23. The van der Waals surface area contributed by atoms with Crippen molar-refractivity contribution in [2.75, 3.05) is 24.4 Å². The van der Waals surface area contributed by atoms with Gasteiger partial charge in [-0.25, -0.2) is 14.8 Å². The topological polar surface area (TPSA) is 72.4 Å². The molecule has 2 rings (SSSR count). The number of rotatable bonds is 3. The SMILES string of the molecule is COC(=O)c1nc(I)cnc1N1CC(CCl)CC1=O. The average Bonchev–Trinajstić information content (AvgIpc) is 2.79. The maximum atomic E-state index is 11.9. The number of alkyl halides is 1. The smallest absolute Gasteiger partial charge is 0.360 e. The molecule has 0 radical (unpaired) electrons. The van der Waals surface area contributed by atoms with Crippen LogP contribution in [0.4, 0.5) is 5.82 Å². The molecule has 102 valence electrons. The van der Waals surface area contributed by atoms with Crippen molar-refractivity contribution in [3.63, 3.8) is 0 Å². The van der Waals surface area contributed by atoms with Gasteiger partial charge in [-0.1, -0.05) is 0 Å². The van der Waals surface area contributed by atoms with Gasteiger partial charge in [-0.3, -0.25) is 9.69 Å². The van der Waals surface area contributed by atoms with Gasteiger partial charge < -0.3 is 4.74 Å². The highest BCUT2D eigenvalue weighted by Gasteiger charge is 2.34. The number of esters is 1. The van der Waals surface area contributed by atoms with Crippen LogP contribution in [0.5, 0.6) is 0 Å². The highest BCUT2D eigenvalue weighted by Crippen LogP contribution is 2.26. The summed E-state index contributed by atoms with van der Waals surface area (Å²) in [5.74, 6) is -0.00629. The summed E-state index contributed by atoms with van der Waals surface area (Å²) in [7, 11) is 1.26. The van der Waals surface area contributed by atoms with Gasteiger partial charge in [0, 0.05) is 18.8 Å². The van der Waals surface area contributed by atoms with Crippen LogP contribution in [-0.2, 0) is 9.53 Å². The third kappa shape index (κ3) is 2.97. The molecule has 1 aromatic heterocycles. The lowest BCUT2D eigenvalue weighted by molar-refractivity contribution is -0.117. The Bertz CT molecular complexity index is 526. The highest BCUT2D eigenvalue weighted by molar-refractivity contribution is 14.1. The number of methoxy groups -OCH3 is 1. The largest absolute Gasteiger partial charge is 0.464 e. The van der Waals surface area contributed by atoms with Gasteiger partial charge in [0.15, 0.2) is 11.5 Å². The van der Waals surface area contributed by atoms with Gasteiger partial charge in [0.1, 0.15) is 3.70 Å². The molecule has 19 heavy (non-hydrogen) atoms. The van der Waals surface area contributed by atoms with Crippen molar-refractivity contribution in [1.82, 2.24) is 9.97 Å². The van der Waals surface area contributed by atoms with E-state index in [0.717, 1.165) is 0 Å². The highest BCUT2D eigenvalue weighted by atomic mass is 127. The fourth-order valence-corrected chi connectivity index (χ4v) is 2.47. The minimum Gasteiger partial charge on any atom is -0.464 e. The van der Waals surface area contributed by atoms with Crippen LogP contribution in [-0.4, -0.2) is 41.4 Å². The van der Waals surface area contributed by atoms with E-state index in [4.69, 9.17) is 11.6 Å². The van der Waals surface area contributed by atoms with E-state index in [1.54, 1.807) is 0 Å². The second-order valence-electron chi connectivity index (χ2n) is 4.09. The molecular formula is C11H11ClIN3O3. The van der Waals surface area contributed by atoms with Gasteiger partial charge in [0.2, 0.25) is 5.91 Å². The van der Waals surface area contributed by atoms with Crippen LogP contribution in [0, 0.1) is 9.62 Å². The molecule has 0 N–H and O–H groups in total. The van der Waals surface area contributed by atoms with E-state index in [-0.39, 0.29) is 23.3 Å². The molecule has 6 nitrogen and oxygen atoms in total.